The van der Waals surface area contributed by atoms with Gasteiger partial charge in [-0.05, 0) is 55.5 Å². The first-order valence-electron chi connectivity index (χ1n) is 9.06. The van der Waals surface area contributed by atoms with Gasteiger partial charge in [0.15, 0.2) is 0 Å². The van der Waals surface area contributed by atoms with Crippen LogP contribution in [0.25, 0.3) is 0 Å². The molecule has 144 valence electrons. The largest absolute Gasteiger partial charge is 0.329 e. The molecule has 2 aromatic rings. The van der Waals surface area contributed by atoms with Crippen LogP contribution in [0.15, 0.2) is 53.4 Å². The van der Waals surface area contributed by atoms with Gasteiger partial charge in [-0.15, -0.1) is 0 Å². The predicted octanol–water partition coefficient (Wildman–Crippen LogP) is 2.16. The van der Waals surface area contributed by atoms with Crippen molar-refractivity contribution in [2.75, 3.05) is 18.4 Å². The molecule has 0 spiro atoms. The first-order valence-corrected chi connectivity index (χ1v) is 10.5. The van der Waals surface area contributed by atoms with Crippen LogP contribution in [-0.2, 0) is 26.7 Å². The van der Waals surface area contributed by atoms with Gasteiger partial charge in [-0.2, -0.15) is 0 Å². The molecule has 0 heterocycles. The van der Waals surface area contributed by atoms with Crippen molar-refractivity contribution in [1.29, 1.82) is 0 Å². The maximum atomic E-state index is 13.1. The quantitative estimate of drug-likeness (QED) is 0.707. The maximum Gasteiger partial charge on any atom is 0.240 e. The van der Waals surface area contributed by atoms with Gasteiger partial charge in [0.25, 0.3) is 0 Å². The van der Waals surface area contributed by atoms with E-state index in [1.807, 2.05) is 25.1 Å². The molecule has 6 nitrogen and oxygen atoms in total. The number of fused-ring (bicyclic) bond motifs is 1. The van der Waals surface area contributed by atoms with Crippen LogP contribution in [0.3, 0.4) is 0 Å². The predicted molar refractivity (Wildman–Crippen MR) is 106 cm³/mol. The molecule has 0 radical (unpaired) electrons. The van der Waals surface area contributed by atoms with Crippen LogP contribution in [0.5, 0.6) is 0 Å². The van der Waals surface area contributed by atoms with Gasteiger partial charge >= 0.3 is 0 Å². The molecular formula is C20H25N3O3S. The Kier molecular flexibility index (Phi) is 5.64. The highest BCUT2D eigenvalue weighted by molar-refractivity contribution is 7.89. The lowest BCUT2D eigenvalue weighted by molar-refractivity contribution is -0.121. The molecule has 0 aromatic heterocycles. The van der Waals surface area contributed by atoms with Crippen molar-refractivity contribution in [3.05, 3.63) is 59.7 Å². The smallest absolute Gasteiger partial charge is 0.240 e. The zero-order chi connectivity index (χ0) is 19.5. The Morgan fingerprint density at radius 3 is 2.74 bits per heavy atom. The van der Waals surface area contributed by atoms with Crippen LogP contribution >= 0.6 is 0 Å². The minimum absolute atomic E-state index is 0.1000. The van der Waals surface area contributed by atoms with E-state index < -0.39 is 15.4 Å². The van der Waals surface area contributed by atoms with Crippen molar-refractivity contribution >= 4 is 21.6 Å². The zero-order valence-corrected chi connectivity index (χ0v) is 16.2. The topological polar surface area (TPSA) is 101 Å². The van der Waals surface area contributed by atoms with Gasteiger partial charge in [0.1, 0.15) is 0 Å². The van der Waals surface area contributed by atoms with Crippen molar-refractivity contribution in [3.8, 4) is 0 Å². The van der Waals surface area contributed by atoms with Gasteiger partial charge < -0.3 is 11.1 Å². The van der Waals surface area contributed by atoms with Crippen molar-refractivity contribution in [2.24, 2.45) is 5.73 Å². The Bertz CT molecular complexity index is 943. The van der Waals surface area contributed by atoms with Crippen LogP contribution in [0.4, 0.5) is 5.69 Å². The van der Waals surface area contributed by atoms with Crippen molar-refractivity contribution in [1.82, 2.24) is 4.72 Å². The third-order valence-corrected chi connectivity index (χ3v) is 6.53. The SMILES string of the molecule is CC1(C(=O)Nc2cccc(S(=O)(=O)NCCN)c2)CCCc2ccccc21. The summed E-state index contributed by atoms with van der Waals surface area (Å²) < 4.78 is 27.0. The third-order valence-electron chi connectivity index (χ3n) is 5.07. The van der Waals surface area contributed by atoms with E-state index in [0.717, 1.165) is 24.8 Å². The highest BCUT2D eigenvalue weighted by Crippen LogP contribution is 2.38. The van der Waals surface area contributed by atoms with Gasteiger partial charge in [-0.25, -0.2) is 13.1 Å². The first kappa shape index (κ1) is 19.5. The number of nitrogens with one attached hydrogen (secondary N) is 2. The number of hydrogen-bond acceptors (Lipinski definition) is 4. The van der Waals surface area contributed by atoms with Gasteiger partial charge in [0, 0.05) is 18.8 Å². The Labute approximate surface area is 160 Å². The average Bonchev–Trinajstić information content (AvgIpc) is 2.67. The lowest BCUT2D eigenvalue weighted by Gasteiger charge is -2.34. The van der Waals surface area contributed by atoms with E-state index in [4.69, 9.17) is 5.73 Å². The molecule has 3 rings (SSSR count). The molecule has 27 heavy (non-hydrogen) atoms. The van der Waals surface area contributed by atoms with Gasteiger partial charge in [0.2, 0.25) is 15.9 Å². The number of anilines is 1. The number of benzene rings is 2. The minimum atomic E-state index is -3.65. The van der Waals surface area contributed by atoms with Crippen molar-refractivity contribution < 1.29 is 13.2 Å². The molecule has 1 aliphatic rings. The summed E-state index contributed by atoms with van der Waals surface area (Å²) in [6, 6.07) is 14.3. The molecule has 4 N–H and O–H groups in total. The molecule has 0 saturated heterocycles. The summed E-state index contributed by atoms with van der Waals surface area (Å²) in [5.74, 6) is -0.126. The van der Waals surface area contributed by atoms with Crippen LogP contribution in [0, 0.1) is 0 Å². The number of aryl methyl sites for hydroxylation is 1. The molecule has 0 fully saturated rings. The fraction of sp³-hybridized carbons (Fsp3) is 0.350. The highest BCUT2D eigenvalue weighted by atomic mass is 32.2. The summed E-state index contributed by atoms with van der Waals surface area (Å²) in [6.07, 6.45) is 2.67. The van der Waals surface area contributed by atoms with Gasteiger partial charge in [-0.1, -0.05) is 30.3 Å². The molecule has 7 heteroatoms. The lowest BCUT2D eigenvalue weighted by Crippen LogP contribution is -2.40. The second kappa shape index (κ2) is 7.80. The Hall–Kier alpha value is -2.22. The summed E-state index contributed by atoms with van der Waals surface area (Å²) in [5, 5.41) is 2.91. The maximum absolute atomic E-state index is 13.1. The lowest BCUT2D eigenvalue weighted by atomic mass is 9.70. The Balaban J connectivity index is 1.84. The number of carbonyl (C=O) groups is 1. The summed E-state index contributed by atoms with van der Waals surface area (Å²) in [5.41, 5.74) is 7.42. The number of hydrogen-bond donors (Lipinski definition) is 3. The monoisotopic (exact) mass is 387 g/mol. The molecule has 2 aromatic carbocycles. The molecule has 0 bridgehead atoms. The third kappa shape index (κ3) is 4.05. The molecule has 0 aliphatic heterocycles. The van der Waals surface area contributed by atoms with E-state index in [9.17, 15) is 13.2 Å². The molecular weight excluding hydrogens is 362 g/mol. The van der Waals surface area contributed by atoms with Crippen LogP contribution < -0.4 is 15.8 Å². The van der Waals surface area contributed by atoms with Gasteiger partial charge in [-0.3, -0.25) is 4.79 Å². The summed E-state index contributed by atoms with van der Waals surface area (Å²) >= 11 is 0. The van der Waals surface area contributed by atoms with E-state index in [1.165, 1.54) is 17.7 Å². The number of carbonyl (C=O) groups excluding carboxylic acids is 1. The van der Waals surface area contributed by atoms with E-state index in [0.29, 0.717) is 5.69 Å². The first-order chi connectivity index (χ1) is 12.9. The molecule has 1 atom stereocenters. The Morgan fingerprint density at radius 1 is 1.19 bits per heavy atom. The van der Waals surface area contributed by atoms with Crippen LogP contribution in [0.2, 0.25) is 0 Å². The van der Waals surface area contributed by atoms with Crippen molar-refractivity contribution in [2.45, 2.75) is 36.5 Å². The zero-order valence-electron chi connectivity index (χ0n) is 15.4. The summed E-state index contributed by atoms with van der Waals surface area (Å²) in [6.45, 7) is 2.32. The fourth-order valence-corrected chi connectivity index (χ4v) is 4.66. The van der Waals surface area contributed by atoms with Crippen LogP contribution in [0.1, 0.15) is 30.9 Å². The summed E-state index contributed by atoms with van der Waals surface area (Å²) in [7, 11) is -3.65. The second-order valence-electron chi connectivity index (χ2n) is 7.01. The fourth-order valence-electron chi connectivity index (χ4n) is 3.57. The number of sulfonamides is 1. The number of nitrogens with two attached hydrogens (primary N) is 1. The second-order valence-corrected chi connectivity index (χ2v) is 8.78. The molecule has 1 aliphatic carbocycles. The normalized spacial score (nSPS) is 19.3. The van der Waals surface area contributed by atoms with E-state index >= 15 is 0 Å². The number of amides is 1. The standard InChI is InChI=1S/C20H25N3O3S/c1-20(11-5-7-15-6-2-3-10-18(15)20)19(24)23-16-8-4-9-17(14-16)27(25,26)22-13-12-21/h2-4,6,8-10,14,22H,5,7,11-13,21H2,1H3,(H,23,24). The molecule has 1 unspecified atom stereocenters. The summed E-state index contributed by atoms with van der Waals surface area (Å²) in [4.78, 5) is 13.2. The number of rotatable bonds is 6. The van der Waals surface area contributed by atoms with Gasteiger partial charge in [0.05, 0.1) is 10.3 Å². The highest BCUT2D eigenvalue weighted by Gasteiger charge is 2.38. The average molecular weight is 388 g/mol. The van der Waals surface area contributed by atoms with Crippen LogP contribution in [-0.4, -0.2) is 27.4 Å². The van der Waals surface area contributed by atoms with Crippen molar-refractivity contribution in [3.63, 3.8) is 0 Å². The molecule has 0 saturated carbocycles. The van der Waals surface area contributed by atoms with E-state index in [1.54, 1.807) is 12.1 Å². The molecule has 1 amide bonds. The minimum Gasteiger partial charge on any atom is -0.329 e. The Morgan fingerprint density at radius 2 is 1.96 bits per heavy atom. The van der Waals surface area contributed by atoms with E-state index in [2.05, 4.69) is 16.1 Å². The van der Waals surface area contributed by atoms with E-state index in [-0.39, 0.29) is 23.9 Å².